The first-order chi connectivity index (χ1) is 14.6. The SMILES string of the molecule is CC(=O)N(CCN1CCOCC1)C1CCN(C(=O)C2(c3ccccc3)CCCC2)C1. The second kappa shape index (κ2) is 9.48. The van der Waals surface area contributed by atoms with Crippen molar-refractivity contribution in [3.63, 3.8) is 0 Å². The molecule has 2 amide bonds. The summed E-state index contributed by atoms with van der Waals surface area (Å²) in [5, 5.41) is 0. The lowest BCUT2D eigenvalue weighted by Crippen LogP contribution is -2.49. The van der Waals surface area contributed by atoms with Gasteiger partial charge in [-0.15, -0.1) is 0 Å². The van der Waals surface area contributed by atoms with Gasteiger partial charge in [0.1, 0.15) is 0 Å². The average molecular weight is 414 g/mol. The maximum Gasteiger partial charge on any atom is 0.233 e. The van der Waals surface area contributed by atoms with Crippen LogP contribution in [0.25, 0.3) is 0 Å². The summed E-state index contributed by atoms with van der Waals surface area (Å²) in [6.07, 6.45) is 4.96. The van der Waals surface area contributed by atoms with Gasteiger partial charge in [-0.3, -0.25) is 14.5 Å². The predicted molar refractivity (Wildman–Crippen MR) is 116 cm³/mol. The maximum atomic E-state index is 13.7. The number of carbonyl (C=O) groups is 2. The van der Waals surface area contributed by atoms with Gasteiger partial charge >= 0.3 is 0 Å². The molecule has 0 spiro atoms. The second-order valence-electron chi connectivity index (χ2n) is 9.02. The van der Waals surface area contributed by atoms with Gasteiger partial charge in [0.15, 0.2) is 0 Å². The van der Waals surface area contributed by atoms with E-state index < -0.39 is 0 Å². The van der Waals surface area contributed by atoms with Gasteiger partial charge in [0.05, 0.1) is 24.7 Å². The van der Waals surface area contributed by atoms with Gasteiger partial charge in [-0.25, -0.2) is 0 Å². The van der Waals surface area contributed by atoms with E-state index in [0.29, 0.717) is 6.54 Å². The molecule has 2 heterocycles. The molecule has 2 saturated heterocycles. The van der Waals surface area contributed by atoms with E-state index in [1.54, 1.807) is 6.92 Å². The second-order valence-corrected chi connectivity index (χ2v) is 9.02. The van der Waals surface area contributed by atoms with Gasteiger partial charge < -0.3 is 14.5 Å². The molecule has 6 nitrogen and oxygen atoms in total. The minimum atomic E-state index is -0.370. The summed E-state index contributed by atoms with van der Waals surface area (Å²) in [7, 11) is 0. The van der Waals surface area contributed by atoms with Crippen LogP contribution in [0.15, 0.2) is 30.3 Å². The number of nitrogens with zero attached hydrogens (tertiary/aromatic N) is 3. The van der Waals surface area contributed by atoms with Gasteiger partial charge in [0.25, 0.3) is 0 Å². The highest BCUT2D eigenvalue weighted by atomic mass is 16.5. The van der Waals surface area contributed by atoms with Crippen LogP contribution in [0.4, 0.5) is 0 Å². The van der Waals surface area contributed by atoms with Crippen LogP contribution in [0.1, 0.15) is 44.6 Å². The summed E-state index contributed by atoms with van der Waals surface area (Å²) in [6.45, 7) is 8.08. The summed E-state index contributed by atoms with van der Waals surface area (Å²) in [5.74, 6) is 0.381. The third kappa shape index (κ3) is 4.40. The van der Waals surface area contributed by atoms with Gasteiger partial charge in [0, 0.05) is 46.2 Å². The zero-order chi connectivity index (χ0) is 21.0. The third-order valence-electron chi connectivity index (χ3n) is 7.25. The number of rotatable bonds is 6. The van der Waals surface area contributed by atoms with Gasteiger partial charge in [-0.1, -0.05) is 43.2 Å². The molecule has 1 aromatic carbocycles. The van der Waals surface area contributed by atoms with Crippen LogP contribution < -0.4 is 0 Å². The van der Waals surface area contributed by atoms with Crippen LogP contribution in [0, 0.1) is 0 Å². The summed E-state index contributed by atoms with van der Waals surface area (Å²) >= 11 is 0. The molecule has 1 aromatic rings. The highest BCUT2D eigenvalue weighted by Crippen LogP contribution is 2.43. The number of benzene rings is 1. The molecule has 30 heavy (non-hydrogen) atoms. The molecule has 2 aliphatic heterocycles. The number of hydrogen-bond donors (Lipinski definition) is 0. The quantitative estimate of drug-likeness (QED) is 0.718. The first-order valence-electron chi connectivity index (χ1n) is 11.5. The highest BCUT2D eigenvalue weighted by Gasteiger charge is 2.46. The topological polar surface area (TPSA) is 53.1 Å². The largest absolute Gasteiger partial charge is 0.379 e. The van der Waals surface area contributed by atoms with E-state index in [0.717, 1.165) is 83.6 Å². The number of carbonyl (C=O) groups excluding carboxylic acids is 2. The van der Waals surface area contributed by atoms with Crippen LogP contribution in [-0.2, 0) is 19.7 Å². The number of morpholine rings is 1. The van der Waals surface area contributed by atoms with Gasteiger partial charge in [0.2, 0.25) is 11.8 Å². The monoisotopic (exact) mass is 413 g/mol. The van der Waals surface area contributed by atoms with E-state index in [9.17, 15) is 9.59 Å². The van der Waals surface area contributed by atoms with E-state index in [4.69, 9.17) is 4.74 Å². The fourth-order valence-corrected chi connectivity index (χ4v) is 5.52. The van der Waals surface area contributed by atoms with Crippen molar-refractivity contribution in [3.05, 3.63) is 35.9 Å². The first-order valence-corrected chi connectivity index (χ1v) is 11.5. The van der Waals surface area contributed by atoms with E-state index in [1.807, 2.05) is 28.0 Å². The molecule has 0 N–H and O–H groups in total. The van der Waals surface area contributed by atoms with Crippen molar-refractivity contribution in [3.8, 4) is 0 Å². The molecule has 0 radical (unpaired) electrons. The van der Waals surface area contributed by atoms with Crippen LogP contribution >= 0.6 is 0 Å². The fraction of sp³-hybridized carbons (Fsp3) is 0.667. The van der Waals surface area contributed by atoms with E-state index >= 15 is 0 Å². The lowest BCUT2D eigenvalue weighted by Gasteiger charge is -2.35. The molecule has 6 heteroatoms. The molecule has 4 rings (SSSR count). The third-order valence-corrected chi connectivity index (χ3v) is 7.25. The van der Waals surface area contributed by atoms with E-state index in [2.05, 4.69) is 17.0 Å². The van der Waals surface area contributed by atoms with Crippen molar-refractivity contribution in [1.82, 2.24) is 14.7 Å². The number of ether oxygens (including phenoxy) is 1. The number of hydrogen-bond acceptors (Lipinski definition) is 4. The van der Waals surface area contributed by atoms with Crippen molar-refractivity contribution < 1.29 is 14.3 Å². The Morgan fingerprint density at radius 1 is 1.10 bits per heavy atom. The Morgan fingerprint density at radius 2 is 1.80 bits per heavy atom. The first kappa shape index (κ1) is 21.3. The Bertz CT molecular complexity index is 726. The Morgan fingerprint density at radius 3 is 2.47 bits per heavy atom. The highest BCUT2D eigenvalue weighted by molar-refractivity contribution is 5.89. The molecular formula is C24H35N3O3. The predicted octanol–water partition coefficient (Wildman–Crippen LogP) is 2.28. The molecular weight excluding hydrogens is 378 g/mol. The molecule has 1 unspecified atom stereocenters. The van der Waals surface area contributed by atoms with Crippen molar-refractivity contribution in [2.45, 2.75) is 50.5 Å². The molecule has 1 atom stereocenters. The smallest absolute Gasteiger partial charge is 0.233 e. The minimum absolute atomic E-state index is 0.112. The van der Waals surface area contributed by atoms with E-state index in [1.165, 1.54) is 0 Å². The van der Waals surface area contributed by atoms with Crippen molar-refractivity contribution >= 4 is 11.8 Å². The fourth-order valence-electron chi connectivity index (χ4n) is 5.52. The van der Waals surface area contributed by atoms with Crippen LogP contribution in [0.3, 0.4) is 0 Å². The molecule has 164 valence electrons. The molecule has 3 aliphatic rings. The summed E-state index contributed by atoms with van der Waals surface area (Å²) in [4.78, 5) is 32.5. The lowest BCUT2D eigenvalue weighted by atomic mass is 9.77. The van der Waals surface area contributed by atoms with Crippen LogP contribution in [-0.4, -0.2) is 85.0 Å². The molecule has 0 bridgehead atoms. The summed E-state index contributed by atoms with van der Waals surface area (Å²) < 4.78 is 5.42. The standard InChI is InChI=1S/C24H35N3O3/c1-20(28)27(14-13-25-15-17-30-18-16-25)22-9-12-26(19-22)23(29)24(10-5-6-11-24)21-7-3-2-4-8-21/h2-4,7-8,22H,5-6,9-19H2,1H3. The Balaban J connectivity index is 1.41. The average Bonchev–Trinajstić information content (AvgIpc) is 3.46. The Hall–Kier alpha value is -1.92. The number of amides is 2. The van der Waals surface area contributed by atoms with Crippen molar-refractivity contribution in [2.75, 3.05) is 52.5 Å². The maximum absolute atomic E-state index is 13.7. The summed E-state index contributed by atoms with van der Waals surface area (Å²) in [6, 6.07) is 10.4. The molecule has 1 aliphatic carbocycles. The van der Waals surface area contributed by atoms with Crippen LogP contribution in [0.2, 0.25) is 0 Å². The zero-order valence-electron chi connectivity index (χ0n) is 18.2. The van der Waals surface area contributed by atoms with Crippen LogP contribution in [0.5, 0.6) is 0 Å². The molecule has 0 aromatic heterocycles. The zero-order valence-corrected chi connectivity index (χ0v) is 18.2. The lowest BCUT2D eigenvalue weighted by molar-refractivity contribution is -0.137. The Kier molecular flexibility index (Phi) is 6.74. The van der Waals surface area contributed by atoms with Crippen molar-refractivity contribution in [2.24, 2.45) is 0 Å². The molecule has 3 fully saturated rings. The van der Waals surface area contributed by atoms with Gasteiger partial charge in [-0.2, -0.15) is 0 Å². The van der Waals surface area contributed by atoms with Crippen molar-refractivity contribution in [1.29, 1.82) is 0 Å². The summed E-state index contributed by atoms with van der Waals surface area (Å²) in [5.41, 5.74) is 0.789. The minimum Gasteiger partial charge on any atom is -0.379 e. The Labute approximate surface area is 180 Å². The number of likely N-dealkylation sites (tertiary alicyclic amines) is 1. The normalized spacial score (nSPS) is 24.2. The van der Waals surface area contributed by atoms with E-state index in [-0.39, 0.29) is 23.3 Å². The van der Waals surface area contributed by atoms with Gasteiger partial charge in [-0.05, 0) is 24.8 Å². The molecule has 1 saturated carbocycles.